The van der Waals surface area contributed by atoms with E-state index in [1.54, 1.807) is 24.3 Å². The highest BCUT2D eigenvalue weighted by Gasteiger charge is 2.19. The van der Waals surface area contributed by atoms with Crippen LogP contribution in [0.5, 0.6) is 0 Å². The second-order valence-electron chi connectivity index (χ2n) is 6.28. The molecular formula is C22H20ClN3O2. The van der Waals surface area contributed by atoms with E-state index in [1.165, 1.54) is 0 Å². The first-order valence-electron chi connectivity index (χ1n) is 8.78. The van der Waals surface area contributed by atoms with E-state index in [0.717, 1.165) is 11.1 Å². The topological polar surface area (TPSA) is 84.2 Å². The van der Waals surface area contributed by atoms with Crippen LogP contribution in [0.3, 0.4) is 0 Å². The normalized spacial score (nSPS) is 11.5. The van der Waals surface area contributed by atoms with Crippen molar-refractivity contribution in [3.05, 3.63) is 89.4 Å². The number of carbonyl (C=O) groups excluding carboxylic acids is 2. The number of benzene rings is 3. The van der Waals surface area contributed by atoms with Crippen molar-refractivity contribution in [3.8, 4) is 11.1 Å². The number of amides is 3. The van der Waals surface area contributed by atoms with Gasteiger partial charge in [0, 0.05) is 10.7 Å². The maximum atomic E-state index is 12.5. The Kier molecular flexibility index (Phi) is 6.29. The van der Waals surface area contributed by atoms with Gasteiger partial charge in [-0.3, -0.25) is 4.79 Å². The number of primary amides is 1. The third-order valence-electron chi connectivity index (χ3n) is 4.26. The van der Waals surface area contributed by atoms with Crippen LogP contribution in [0.4, 0.5) is 10.5 Å². The third kappa shape index (κ3) is 5.11. The molecule has 0 radical (unpaired) electrons. The predicted octanol–water partition coefficient (Wildman–Crippen LogP) is 4.75. The van der Waals surface area contributed by atoms with Gasteiger partial charge < -0.3 is 16.4 Å². The highest BCUT2D eigenvalue weighted by atomic mass is 35.5. The van der Waals surface area contributed by atoms with E-state index in [0.29, 0.717) is 16.3 Å². The first-order chi connectivity index (χ1) is 13.5. The molecule has 142 valence electrons. The number of hydrogen-bond donors (Lipinski definition) is 3. The van der Waals surface area contributed by atoms with E-state index in [-0.39, 0.29) is 12.3 Å². The molecule has 0 fully saturated rings. The van der Waals surface area contributed by atoms with Gasteiger partial charge in [-0.05, 0) is 34.9 Å². The summed E-state index contributed by atoms with van der Waals surface area (Å²) < 4.78 is 0. The van der Waals surface area contributed by atoms with E-state index in [9.17, 15) is 9.59 Å². The average molecular weight is 394 g/mol. The lowest BCUT2D eigenvalue weighted by Gasteiger charge is -2.19. The Morgan fingerprint density at radius 1 is 0.857 bits per heavy atom. The molecule has 0 heterocycles. The summed E-state index contributed by atoms with van der Waals surface area (Å²) in [6.45, 7) is 0. The Morgan fingerprint density at radius 3 is 2.11 bits per heavy atom. The molecule has 0 aromatic heterocycles. The van der Waals surface area contributed by atoms with Crippen LogP contribution < -0.4 is 16.4 Å². The zero-order chi connectivity index (χ0) is 19.9. The Labute approximate surface area is 168 Å². The summed E-state index contributed by atoms with van der Waals surface area (Å²) in [5.41, 5.74) is 8.72. The minimum atomic E-state index is -0.718. The molecule has 4 N–H and O–H groups in total. The molecule has 3 rings (SSSR count). The Bertz CT molecular complexity index is 959. The van der Waals surface area contributed by atoms with E-state index in [4.69, 9.17) is 17.3 Å². The van der Waals surface area contributed by atoms with Crippen molar-refractivity contribution in [2.45, 2.75) is 12.5 Å². The van der Waals surface area contributed by atoms with Gasteiger partial charge in [0.1, 0.15) is 0 Å². The molecule has 0 bridgehead atoms. The van der Waals surface area contributed by atoms with Crippen molar-refractivity contribution in [2.75, 3.05) is 5.32 Å². The van der Waals surface area contributed by atoms with Gasteiger partial charge in [0.2, 0.25) is 5.91 Å². The maximum absolute atomic E-state index is 12.5. The van der Waals surface area contributed by atoms with Crippen molar-refractivity contribution >= 4 is 29.2 Å². The van der Waals surface area contributed by atoms with E-state index < -0.39 is 12.1 Å². The average Bonchev–Trinajstić information content (AvgIpc) is 2.69. The number of hydrogen-bond acceptors (Lipinski definition) is 2. The van der Waals surface area contributed by atoms with Gasteiger partial charge in [-0.15, -0.1) is 0 Å². The number of nitrogens with one attached hydrogen (secondary N) is 2. The smallest absolute Gasteiger partial charge is 0.312 e. The summed E-state index contributed by atoms with van der Waals surface area (Å²) in [6.07, 6.45) is 0.00705. The van der Waals surface area contributed by atoms with Gasteiger partial charge in [-0.2, -0.15) is 0 Å². The summed E-state index contributed by atoms with van der Waals surface area (Å²) in [7, 11) is 0. The maximum Gasteiger partial charge on any atom is 0.312 e. The van der Waals surface area contributed by atoms with Crippen LogP contribution in [0.25, 0.3) is 11.1 Å². The second kappa shape index (κ2) is 9.06. The fraction of sp³-hybridized carbons (Fsp3) is 0.0909. The fourth-order valence-electron chi connectivity index (χ4n) is 2.94. The van der Waals surface area contributed by atoms with Gasteiger partial charge in [0.15, 0.2) is 0 Å². The molecule has 6 heteroatoms. The largest absolute Gasteiger partial charge is 0.352 e. The second-order valence-corrected chi connectivity index (χ2v) is 6.69. The minimum absolute atomic E-state index is 0.00705. The number of anilines is 1. The van der Waals surface area contributed by atoms with E-state index in [1.807, 2.05) is 54.6 Å². The lowest BCUT2D eigenvalue weighted by molar-refractivity contribution is -0.116. The molecule has 3 amide bonds. The van der Waals surface area contributed by atoms with Gasteiger partial charge in [0.25, 0.3) is 0 Å². The van der Waals surface area contributed by atoms with Crippen molar-refractivity contribution in [1.29, 1.82) is 0 Å². The molecule has 0 spiro atoms. The molecule has 0 aliphatic carbocycles. The van der Waals surface area contributed by atoms with Crippen molar-refractivity contribution < 1.29 is 9.59 Å². The molecule has 0 aliphatic rings. The van der Waals surface area contributed by atoms with Gasteiger partial charge in [-0.25, -0.2) is 4.79 Å². The van der Waals surface area contributed by atoms with Gasteiger partial charge >= 0.3 is 6.03 Å². The first kappa shape index (κ1) is 19.5. The third-order valence-corrected chi connectivity index (χ3v) is 4.61. The van der Waals surface area contributed by atoms with Crippen LogP contribution >= 0.6 is 11.6 Å². The monoisotopic (exact) mass is 393 g/mol. The lowest BCUT2D eigenvalue weighted by Crippen LogP contribution is -2.35. The summed E-state index contributed by atoms with van der Waals surface area (Å²) in [5.74, 6) is -0.258. The van der Waals surface area contributed by atoms with Crippen LogP contribution in [0.15, 0.2) is 78.9 Å². The molecule has 0 saturated heterocycles. The molecular weight excluding hydrogens is 374 g/mol. The quantitative estimate of drug-likeness (QED) is 0.564. The molecule has 3 aromatic carbocycles. The molecule has 3 aromatic rings. The first-order valence-corrected chi connectivity index (χ1v) is 9.16. The van der Waals surface area contributed by atoms with Crippen LogP contribution in [0, 0.1) is 0 Å². The summed E-state index contributed by atoms with van der Waals surface area (Å²) in [5, 5.41) is 5.88. The number of urea groups is 1. The van der Waals surface area contributed by atoms with Crippen LogP contribution in [0.2, 0.25) is 5.02 Å². The Balaban J connectivity index is 1.69. The number of rotatable bonds is 6. The molecule has 0 unspecified atom stereocenters. The molecule has 0 aliphatic heterocycles. The van der Waals surface area contributed by atoms with Crippen molar-refractivity contribution in [3.63, 3.8) is 0 Å². The van der Waals surface area contributed by atoms with Crippen LogP contribution in [-0.2, 0) is 4.79 Å². The fourth-order valence-corrected chi connectivity index (χ4v) is 3.21. The van der Waals surface area contributed by atoms with Gasteiger partial charge in [0.05, 0.1) is 12.5 Å². The van der Waals surface area contributed by atoms with Crippen LogP contribution in [-0.4, -0.2) is 11.9 Å². The molecule has 28 heavy (non-hydrogen) atoms. The number of carbonyl (C=O) groups is 2. The van der Waals surface area contributed by atoms with E-state index in [2.05, 4.69) is 10.6 Å². The SMILES string of the molecule is NC(=O)N[C@H](CC(=O)Nc1ccc(-c2ccccc2)cc1)c1ccccc1Cl. The Morgan fingerprint density at radius 2 is 1.46 bits per heavy atom. The summed E-state index contributed by atoms with van der Waals surface area (Å²) in [4.78, 5) is 23.8. The molecule has 5 nitrogen and oxygen atoms in total. The summed E-state index contributed by atoms with van der Waals surface area (Å²) >= 11 is 6.20. The lowest BCUT2D eigenvalue weighted by atomic mass is 10.0. The summed E-state index contributed by atoms with van der Waals surface area (Å²) in [6, 6.07) is 23.2. The van der Waals surface area contributed by atoms with E-state index >= 15 is 0 Å². The predicted molar refractivity (Wildman–Crippen MR) is 112 cm³/mol. The number of halogens is 1. The van der Waals surface area contributed by atoms with Crippen LogP contribution in [0.1, 0.15) is 18.0 Å². The Hall–Kier alpha value is -3.31. The highest BCUT2D eigenvalue weighted by molar-refractivity contribution is 6.31. The zero-order valence-electron chi connectivity index (χ0n) is 15.1. The van der Waals surface area contributed by atoms with Gasteiger partial charge in [-0.1, -0.05) is 72.3 Å². The minimum Gasteiger partial charge on any atom is -0.352 e. The zero-order valence-corrected chi connectivity index (χ0v) is 15.8. The van der Waals surface area contributed by atoms with Crippen molar-refractivity contribution in [2.24, 2.45) is 5.73 Å². The molecule has 1 atom stereocenters. The van der Waals surface area contributed by atoms with Crippen molar-refractivity contribution in [1.82, 2.24) is 5.32 Å². The molecule has 0 saturated carbocycles. The number of nitrogens with two attached hydrogens (primary N) is 1. The highest BCUT2D eigenvalue weighted by Crippen LogP contribution is 2.26. The standard InChI is InChI=1S/C22H20ClN3O2/c23-19-9-5-4-8-18(19)20(26-22(24)28)14-21(27)25-17-12-10-16(11-13-17)15-6-2-1-3-7-15/h1-13,20H,14H2,(H,25,27)(H3,24,26,28)/t20-/m1/s1.